The van der Waals surface area contributed by atoms with Crippen molar-refractivity contribution in [2.75, 3.05) is 6.61 Å². The first-order valence-electron chi connectivity index (χ1n) is 5.94. The van der Waals surface area contributed by atoms with Gasteiger partial charge in [0.1, 0.15) is 0 Å². The van der Waals surface area contributed by atoms with E-state index in [4.69, 9.17) is 16.7 Å². The third kappa shape index (κ3) is 3.28. The predicted octanol–water partition coefficient (Wildman–Crippen LogP) is 2.78. The maximum Gasteiger partial charge on any atom is 0.153 e. The molecule has 1 N–H and O–H groups in total. The Labute approximate surface area is 148 Å². The first-order chi connectivity index (χ1) is 8.17. The van der Waals surface area contributed by atoms with Crippen LogP contribution in [0.3, 0.4) is 0 Å². The molecule has 0 saturated heterocycles. The molecule has 0 saturated carbocycles. The van der Waals surface area contributed by atoms with E-state index in [0.717, 1.165) is 30.5 Å². The maximum atomic E-state index is 8.92. The number of fused-ring (bicyclic) bond motifs is 1. The molecule has 5 heteroatoms. The Kier molecular flexibility index (Phi) is 6.61. The fraction of sp³-hybridized carbons (Fsp3) is 0.462. The van der Waals surface area contributed by atoms with Crippen molar-refractivity contribution in [3.63, 3.8) is 0 Å². The van der Waals surface area contributed by atoms with Gasteiger partial charge in [-0.1, -0.05) is 18.5 Å². The van der Waals surface area contributed by atoms with E-state index in [-0.39, 0.29) is 50.7 Å². The summed E-state index contributed by atoms with van der Waals surface area (Å²) in [6.45, 7) is 4.30. The van der Waals surface area contributed by atoms with Crippen molar-refractivity contribution in [2.24, 2.45) is 0 Å². The number of hydrogen-bond donors (Lipinski definition) is 1. The van der Waals surface area contributed by atoms with E-state index in [9.17, 15) is 0 Å². The average Bonchev–Trinajstić information content (AvgIpc) is 2.64. The monoisotopic (exact) mass is 479 g/mol. The standard InChI is InChI=1S/C13H17ClN2O.Ac/c1-3-11-10(5-4-6-17)7-12-13(14)15-9(2)8-16(11)12;/h7-8,17H,3-6H2,1-2H3;. The zero-order chi connectivity index (χ0) is 12.4. The molecule has 0 spiro atoms. The van der Waals surface area contributed by atoms with Gasteiger partial charge in [0.25, 0.3) is 0 Å². The summed E-state index contributed by atoms with van der Waals surface area (Å²) in [6.07, 6.45) is 4.64. The molecule has 0 amide bonds. The van der Waals surface area contributed by atoms with Gasteiger partial charge in [-0.3, -0.25) is 0 Å². The van der Waals surface area contributed by atoms with Crippen LogP contribution in [0.4, 0.5) is 0 Å². The Morgan fingerprint density at radius 2 is 2.17 bits per heavy atom. The fourth-order valence-corrected chi connectivity index (χ4v) is 2.51. The molecule has 0 aliphatic rings. The van der Waals surface area contributed by atoms with Crippen LogP contribution in [-0.2, 0) is 12.8 Å². The van der Waals surface area contributed by atoms with Crippen LogP contribution in [0.5, 0.6) is 0 Å². The minimum absolute atomic E-state index is 0. The fourth-order valence-electron chi connectivity index (χ4n) is 2.24. The van der Waals surface area contributed by atoms with Gasteiger partial charge in [-0.2, -0.15) is 0 Å². The quantitative estimate of drug-likeness (QED) is 0.732. The minimum Gasteiger partial charge on any atom is -0.396 e. The molecule has 3 nitrogen and oxygen atoms in total. The van der Waals surface area contributed by atoms with E-state index < -0.39 is 0 Å². The zero-order valence-electron chi connectivity index (χ0n) is 10.8. The summed E-state index contributed by atoms with van der Waals surface area (Å²) in [6, 6.07) is 2.09. The molecule has 2 heterocycles. The van der Waals surface area contributed by atoms with E-state index in [2.05, 4.69) is 22.4 Å². The second kappa shape index (κ2) is 7.24. The molecule has 2 rings (SSSR count). The molecule has 0 aliphatic carbocycles. The van der Waals surface area contributed by atoms with Gasteiger partial charge >= 0.3 is 0 Å². The van der Waals surface area contributed by atoms with E-state index >= 15 is 0 Å². The van der Waals surface area contributed by atoms with Crippen LogP contribution in [-0.4, -0.2) is 21.1 Å². The number of aromatic nitrogens is 2. The van der Waals surface area contributed by atoms with E-state index in [1.54, 1.807) is 0 Å². The molecule has 0 fully saturated rings. The summed E-state index contributed by atoms with van der Waals surface area (Å²) >= 11 is 6.16. The number of aliphatic hydroxyl groups is 1. The molecule has 2 aromatic rings. The summed E-state index contributed by atoms with van der Waals surface area (Å²) in [5.74, 6) is 0. The molecule has 0 aromatic carbocycles. The Morgan fingerprint density at radius 1 is 1.44 bits per heavy atom. The largest absolute Gasteiger partial charge is 0.396 e. The second-order valence-corrected chi connectivity index (χ2v) is 4.58. The van der Waals surface area contributed by atoms with Crippen LogP contribution in [0.1, 0.15) is 30.3 Å². The molecule has 0 bridgehead atoms. The minimum atomic E-state index is 0. The van der Waals surface area contributed by atoms with Gasteiger partial charge in [0, 0.05) is 62.6 Å². The number of rotatable bonds is 4. The van der Waals surface area contributed by atoms with Crippen molar-refractivity contribution in [2.45, 2.75) is 33.1 Å². The van der Waals surface area contributed by atoms with Crippen LogP contribution in [0.2, 0.25) is 5.15 Å². The van der Waals surface area contributed by atoms with Gasteiger partial charge in [0.15, 0.2) is 5.15 Å². The molecular weight excluding hydrogens is 463 g/mol. The Morgan fingerprint density at radius 3 is 2.78 bits per heavy atom. The summed E-state index contributed by atoms with van der Waals surface area (Å²) in [5, 5.41) is 9.47. The SMILES string of the molecule is CCc1c(CCCO)cc2c(Cl)nc(C)cn12.[Ac]. The first kappa shape index (κ1) is 16.4. The number of aliphatic hydroxyl groups excluding tert-OH is 1. The molecule has 1 radical (unpaired) electrons. The smallest absolute Gasteiger partial charge is 0.153 e. The van der Waals surface area contributed by atoms with Crippen molar-refractivity contribution >= 4 is 17.1 Å². The van der Waals surface area contributed by atoms with E-state index in [1.807, 2.05) is 13.1 Å². The third-order valence-electron chi connectivity index (χ3n) is 2.97. The van der Waals surface area contributed by atoms with Gasteiger partial charge in [-0.15, -0.1) is 0 Å². The van der Waals surface area contributed by atoms with Gasteiger partial charge in [-0.25, -0.2) is 4.98 Å². The number of hydrogen-bond acceptors (Lipinski definition) is 2. The van der Waals surface area contributed by atoms with Crippen LogP contribution >= 0.6 is 11.6 Å². The summed E-state index contributed by atoms with van der Waals surface area (Å²) in [4.78, 5) is 4.27. The van der Waals surface area contributed by atoms with Crippen LogP contribution in [0.25, 0.3) is 5.52 Å². The van der Waals surface area contributed by atoms with Crippen molar-refractivity contribution in [3.8, 4) is 0 Å². The third-order valence-corrected chi connectivity index (χ3v) is 3.25. The number of aryl methyl sites for hydroxylation is 3. The number of nitrogens with zero attached hydrogens (tertiary/aromatic N) is 2. The van der Waals surface area contributed by atoms with Gasteiger partial charge in [0.2, 0.25) is 0 Å². The Bertz CT molecular complexity index is 539. The predicted molar refractivity (Wildman–Crippen MR) is 69.7 cm³/mol. The molecule has 0 atom stereocenters. The van der Waals surface area contributed by atoms with Crippen molar-refractivity contribution in [1.29, 1.82) is 0 Å². The van der Waals surface area contributed by atoms with E-state index in [0.29, 0.717) is 5.15 Å². The second-order valence-electron chi connectivity index (χ2n) is 4.23. The van der Waals surface area contributed by atoms with Crippen molar-refractivity contribution in [1.82, 2.24) is 9.38 Å². The van der Waals surface area contributed by atoms with Gasteiger partial charge in [0.05, 0.1) is 11.2 Å². The van der Waals surface area contributed by atoms with Crippen molar-refractivity contribution < 1.29 is 49.2 Å². The molecule has 0 aliphatic heterocycles. The number of halogens is 1. The van der Waals surface area contributed by atoms with Gasteiger partial charge in [-0.05, 0) is 37.8 Å². The molecule has 18 heavy (non-hydrogen) atoms. The topological polar surface area (TPSA) is 37.5 Å². The van der Waals surface area contributed by atoms with Crippen LogP contribution in [0, 0.1) is 51.0 Å². The molecule has 0 unspecified atom stereocenters. The Hall–Kier alpha value is 0.382. The maximum absolute atomic E-state index is 8.92. The van der Waals surface area contributed by atoms with Crippen LogP contribution < -0.4 is 0 Å². The average molecular weight is 480 g/mol. The molecule has 95 valence electrons. The Balaban J connectivity index is 0.00000162. The zero-order valence-corrected chi connectivity index (χ0v) is 16.3. The normalized spacial score (nSPS) is 10.7. The van der Waals surface area contributed by atoms with Crippen molar-refractivity contribution in [3.05, 3.63) is 34.4 Å². The van der Waals surface area contributed by atoms with Gasteiger partial charge < -0.3 is 9.51 Å². The summed E-state index contributed by atoms with van der Waals surface area (Å²) in [7, 11) is 0. The molecular formula is C13H17AcClN2O. The summed E-state index contributed by atoms with van der Waals surface area (Å²) < 4.78 is 2.12. The van der Waals surface area contributed by atoms with Crippen LogP contribution in [0.15, 0.2) is 12.3 Å². The summed E-state index contributed by atoms with van der Waals surface area (Å²) in [5.41, 5.74) is 4.40. The first-order valence-corrected chi connectivity index (χ1v) is 6.32. The molecule has 2 aromatic heterocycles. The van der Waals surface area contributed by atoms with E-state index in [1.165, 1.54) is 11.3 Å².